The molecule has 0 amide bonds. The molecule has 14 heteroatoms. The third-order valence-corrected chi connectivity index (χ3v) is 15.4. The molecule has 0 atom stereocenters. The Morgan fingerprint density at radius 3 is 1.06 bits per heavy atom. The Bertz CT molecular complexity index is 3370. The molecule has 6 aliphatic rings. The number of para-hydroxylation sites is 2. The minimum Gasteiger partial charge on any atom is -0.466 e. The highest BCUT2D eigenvalue weighted by atomic mass is 32.2. The zero-order valence-corrected chi connectivity index (χ0v) is 36.1. The second-order valence-electron chi connectivity index (χ2n) is 16.5. The highest BCUT2D eigenvalue weighted by molar-refractivity contribution is 7.99. The molecular formula is C49H27B3O8S3. The fraction of sp³-hybridized carbons (Fsp3) is 0.0612. The summed E-state index contributed by atoms with van der Waals surface area (Å²) in [6.45, 7) is -0.845. The van der Waals surface area contributed by atoms with E-state index in [0.29, 0.717) is 11.5 Å². The van der Waals surface area contributed by atoms with E-state index >= 15 is 0 Å². The number of thioether (sulfide) groups is 3. The Balaban J connectivity index is 0.971. The van der Waals surface area contributed by atoms with Gasteiger partial charge in [-0.25, -0.2) is 0 Å². The van der Waals surface area contributed by atoms with E-state index < -0.39 is 0 Å². The second-order valence-corrected chi connectivity index (χ2v) is 19.1. The first kappa shape index (κ1) is 35.2. The van der Waals surface area contributed by atoms with Crippen LogP contribution < -0.4 is 78.0 Å². The molecule has 8 heterocycles. The van der Waals surface area contributed by atoms with E-state index in [0.717, 1.165) is 144 Å². The molecule has 0 N–H and O–H groups in total. The number of furan rings is 2. The molecule has 0 saturated carbocycles. The van der Waals surface area contributed by atoms with Crippen molar-refractivity contribution in [3.05, 3.63) is 109 Å². The van der Waals surface area contributed by atoms with Crippen LogP contribution in [-0.4, -0.2) is 38.9 Å². The maximum Gasteiger partial charge on any atom is 0.305 e. The SMILES string of the molecule is CSc1cc2c3c(c1)Oc1cc4c(cc1B3c1cc3c(cc1O2)Oc1cc(SC)cc2c1B3c1oc3ccccc3c1O2)B1c2oc3ccccc3c2Oc2cc(SC)cc(c21)O4. The maximum absolute atomic E-state index is 6.95. The van der Waals surface area contributed by atoms with Gasteiger partial charge in [-0.1, -0.05) is 36.4 Å². The third kappa shape index (κ3) is 4.65. The number of fused-ring (bicyclic) bond motifs is 16. The number of benzene rings is 7. The van der Waals surface area contributed by atoms with E-state index in [1.54, 1.807) is 35.3 Å². The lowest BCUT2D eigenvalue weighted by molar-refractivity contribution is 0.444. The lowest BCUT2D eigenvalue weighted by Gasteiger charge is -2.37. The van der Waals surface area contributed by atoms with Gasteiger partial charge in [-0.3, -0.25) is 0 Å². The van der Waals surface area contributed by atoms with Crippen molar-refractivity contribution < 1.29 is 37.3 Å². The first-order valence-corrected chi connectivity index (χ1v) is 24.3. The fourth-order valence-electron chi connectivity index (χ4n) is 10.6. The van der Waals surface area contributed by atoms with Crippen molar-refractivity contribution in [2.75, 3.05) is 18.8 Å². The summed E-state index contributed by atoms with van der Waals surface area (Å²) in [5.41, 5.74) is 9.91. The molecule has 9 aromatic rings. The van der Waals surface area contributed by atoms with Gasteiger partial charge in [0.2, 0.25) is 0 Å². The standard InChI is InChI=1S/C49H27B3O8S3/c1-61-22-12-37-43-38(13-22)54-34-21-36-30(52-45-40(56-36)15-24(63-3)17-42(45)58-47-26-9-5-7-11-32(26)60-49(47)52)19-28(34)50(43)27-18-29-35(20-33(27)53-37)55-39-14-23(62-2)16-41-44(39)51(29)48-46(57-41)25-8-4-6-10-31(25)59-48/h4-21H,1-3H3. The predicted molar refractivity (Wildman–Crippen MR) is 254 cm³/mol. The van der Waals surface area contributed by atoms with Crippen molar-refractivity contribution in [1.29, 1.82) is 0 Å². The number of hydrogen-bond donors (Lipinski definition) is 0. The van der Waals surface area contributed by atoms with Crippen molar-refractivity contribution >= 4 is 127 Å². The molecule has 0 fully saturated rings. The summed E-state index contributed by atoms with van der Waals surface area (Å²) in [5.74, 6) is 8.90. The molecule has 2 aromatic heterocycles. The Morgan fingerprint density at radius 2 is 0.683 bits per heavy atom. The molecule has 6 aliphatic heterocycles. The molecular weight excluding hydrogens is 845 g/mol. The summed E-state index contributed by atoms with van der Waals surface area (Å²) in [4.78, 5) is 3.13. The van der Waals surface area contributed by atoms with Crippen LogP contribution in [0.25, 0.3) is 21.9 Å². The summed E-state index contributed by atoms with van der Waals surface area (Å²) >= 11 is 4.96. The van der Waals surface area contributed by atoms with Gasteiger partial charge in [0.25, 0.3) is 6.71 Å². The van der Waals surface area contributed by atoms with E-state index in [1.165, 1.54) is 0 Å². The lowest BCUT2D eigenvalue weighted by Crippen LogP contribution is -2.63. The number of rotatable bonds is 3. The monoisotopic (exact) mass is 872 g/mol. The molecule has 0 unspecified atom stereocenters. The van der Waals surface area contributed by atoms with Gasteiger partial charge in [0.15, 0.2) is 11.5 Å². The molecule has 15 rings (SSSR count). The molecule has 0 aliphatic carbocycles. The largest absolute Gasteiger partial charge is 0.466 e. The minimum absolute atomic E-state index is 0.265. The van der Waals surface area contributed by atoms with Gasteiger partial charge in [0.1, 0.15) is 80.0 Å². The van der Waals surface area contributed by atoms with Gasteiger partial charge in [-0.05, 0) is 101 Å². The zero-order chi connectivity index (χ0) is 41.4. The van der Waals surface area contributed by atoms with Crippen LogP contribution >= 0.6 is 35.3 Å². The van der Waals surface area contributed by atoms with Gasteiger partial charge in [0, 0.05) is 43.2 Å². The normalized spacial score (nSPS) is 14.5. The summed E-state index contributed by atoms with van der Waals surface area (Å²) in [5, 5.41) is 1.87. The summed E-state index contributed by atoms with van der Waals surface area (Å²) in [6.07, 6.45) is 6.20. The van der Waals surface area contributed by atoms with Gasteiger partial charge < -0.3 is 37.3 Å². The van der Waals surface area contributed by atoms with Crippen molar-refractivity contribution in [3.63, 3.8) is 0 Å². The Labute approximate surface area is 373 Å². The van der Waals surface area contributed by atoms with Crippen LogP contribution in [0.2, 0.25) is 0 Å². The molecule has 0 radical (unpaired) electrons. The molecule has 0 saturated heterocycles. The molecule has 298 valence electrons. The molecule has 63 heavy (non-hydrogen) atoms. The van der Waals surface area contributed by atoms with E-state index in [4.69, 9.17) is 37.3 Å². The highest BCUT2D eigenvalue weighted by Crippen LogP contribution is 2.46. The maximum atomic E-state index is 6.95. The molecule has 7 aromatic carbocycles. The molecule has 0 bridgehead atoms. The van der Waals surface area contributed by atoms with E-state index in [1.807, 2.05) is 36.4 Å². The highest BCUT2D eigenvalue weighted by Gasteiger charge is 2.50. The van der Waals surface area contributed by atoms with Gasteiger partial charge in [-0.2, -0.15) is 0 Å². The van der Waals surface area contributed by atoms with Crippen LogP contribution in [-0.2, 0) is 0 Å². The van der Waals surface area contributed by atoms with E-state index in [9.17, 15) is 0 Å². The van der Waals surface area contributed by atoms with E-state index in [-0.39, 0.29) is 20.1 Å². The Kier molecular flexibility index (Phi) is 6.94. The average Bonchev–Trinajstić information content (AvgIpc) is 3.88. The van der Waals surface area contributed by atoms with Gasteiger partial charge in [-0.15, -0.1) is 35.3 Å². The van der Waals surface area contributed by atoms with Crippen LogP contribution in [0.1, 0.15) is 0 Å². The summed E-state index contributed by atoms with van der Waals surface area (Å²) in [7, 11) is 0. The van der Waals surface area contributed by atoms with Crippen LogP contribution in [0.4, 0.5) is 0 Å². The average molecular weight is 872 g/mol. The van der Waals surface area contributed by atoms with Crippen LogP contribution in [0.3, 0.4) is 0 Å². The third-order valence-electron chi connectivity index (χ3n) is 13.3. The molecule has 0 spiro atoms. The van der Waals surface area contributed by atoms with Crippen molar-refractivity contribution in [3.8, 4) is 69.0 Å². The predicted octanol–water partition coefficient (Wildman–Crippen LogP) is 7.53. The first-order chi connectivity index (χ1) is 31.0. The van der Waals surface area contributed by atoms with Crippen LogP contribution in [0.15, 0.2) is 133 Å². The van der Waals surface area contributed by atoms with Crippen LogP contribution in [0.5, 0.6) is 69.0 Å². The fourth-order valence-corrected chi connectivity index (χ4v) is 11.9. The number of ether oxygens (including phenoxy) is 6. The van der Waals surface area contributed by atoms with Gasteiger partial charge >= 0.3 is 13.4 Å². The lowest BCUT2D eigenvalue weighted by atomic mass is 9.31. The Morgan fingerprint density at radius 1 is 0.349 bits per heavy atom. The van der Waals surface area contributed by atoms with Gasteiger partial charge in [0.05, 0.1) is 10.8 Å². The van der Waals surface area contributed by atoms with E-state index in [2.05, 4.69) is 91.6 Å². The van der Waals surface area contributed by atoms with Crippen molar-refractivity contribution in [2.45, 2.75) is 14.7 Å². The number of hydrogen-bond acceptors (Lipinski definition) is 11. The zero-order valence-electron chi connectivity index (χ0n) is 33.6. The minimum atomic E-state index is -0.290. The topological polar surface area (TPSA) is 81.7 Å². The first-order valence-electron chi connectivity index (χ1n) is 20.6. The van der Waals surface area contributed by atoms with Crippen LogP contribution in [0, 0.1) is 0 Å². The summed E-state index contributed by atoms with van der Waals surface area (Å²) < 4.78 is 54.6. The van der Waals surface area contributed by atoms with Crippen molar-refractivity contribution in [2.24, 2.45) is 0 Å². The quantitative estimate of drug-likeness (QED) is 0.131. The molecule has 8 nitrogen and oxygen atoms in total. The Hall–Kier alpha value is -6.34. The second kappa shape index (κ2) is 12.4. The van der Waals surface area contributed by atoms with Crippen molar-refractivity contribution in [1.82, 2.24) is 0 Å². The smallest absolute Gasteiger partial charge is 0.305 e. The summed E-state index contributed by atoms with van der Waals surface area (Å²) in [6, 6.07) is 37.4.